The summed E-state index contributed by atoms with van der Waals surface area (Å²) in [4.78, 5) is 13.5. The van der Waals surface area contributed by atoms with Crippen molar-refractivity contribution in [2.75, 3.05) is 0 Å². The van der Waals surface area contributed by atoms with Gasteiger partial charge in [0.15, 0.2) is 0 Å². The molecule has 0 saturated carbocycles. The lowest BCUT2D eigenvalue weighted by Gasteiger charge is -2.10. The zero-order valence-corrected chi connectivity index (χ0v) is 10.7. The van der Waals surface area contributed by atoms with Crippen LogP contribution in [0.1, 0.15) is 11.1 Å². The Morgan fingerprint density at radius 2 is 1.79 bits per heavy atom. The zero-order chi connectivity index (χ0) is 13.6. The smallest absolute Gasteiger partial charge is 0.342 e. The molecule has 0 saturated heterocycles. The lowest BCUT2D eigenvalue weighted by atomic mass is 10.1. The SMILES string of the molecule is O=c1[nH]c(O)cn1S(=O)(=O)C1Cc2ccccc2C1. The molecule has 7 heteroatoms. The van der Waals surface area contributed by atoms with Crippen molar-refractivity contribution in [2.45, 2.75) is 18.1 Å². The average Bonchev–Trinajstić information content (AvgIpc) is 2.92. The fourth-order valence-corrected chi connectivity index (χ4v) is 4.07. The highest BCUT2D eigenvalue weighted by atomic mass is 32.2. The zero-order valence-electron chi connectivity index (χ0n) is 9.91. The highest BCUT2D eigenvalue weighted by Crippen LogP contribution is 2.27. The van der Waals surface area contributed by atoms with Crippen LogP contribution in [-0.2, 0) is 22.9 Å². The molecule has 6 nitrogen and oxygen atoms in total. The van der Waals surface area contributed by atoms with Gasteiger partial charge in [-0.25, -0.2) is 13.2 Å². The first-order valence-corrected chi connectivity index (χ1v) is 7.30. The minimum absolute atomic E-state index is 0.386. The van der Waals surface area contributed by atoms with E-state index in [-0.39, 0.29) is 0 Å². The summed E-state index contributed by atoms with van der Waals surface area (Å²) in [6.45, 7) is 0. The molecule has 3 rings (SSSR count). The van der Waals surface area contributed by atoms with Crippen LogP contribution in [0.25, 0.3) is 0 Å². The second-order valence-electron chi connectivity index (χ2n) is 4.58. The Balaban J connectivity index is 2.01. The molecule has 0 fully saturated rings. The number of imidazole rings is 1. The van der Waals surface area contributed by atoms with Gasteiger partial charge in [0.05, 0.1) is 11.4 Å². The van der Waals surface area contributed by atoms with Gasteiger partial charge < -0.3 is 5.11 Å². The first-order chi connectivity index (χ1) is 8.98. The number of aromatic amines is 1. The Kier molecular flexibility index (Phi) is 2.53. The molecule has 100 valence electrons. The molecular formula is C12H12N2O4S. The quantitative estimate of drug-likeness (QED) is 0.823. The van der Waals surface area contributed by atoms with Crippen molar-refractivity contribution >= 4 is 10.0 Å². The highest BCUT2D eigenvalue weighted by molar-refractivity contribution is 7.90. The standard InChI is InChI=1S/C12H12N2O4S/c15-11-7-14(12(16)13-11)19(17,18)10-5-8-3-1-2-4-9(8)6-10/h1-4,7,10,15H,5-6H2,(H,13,16). The Morgan fingerprint density at radius 3 is 2.26 bits per heavy atom. The molecule has 1 aliphatic carbocycles. The Bertz CT molecular complexity index is 763. The Morgan fingerprint density at radius 1 is 1.21 bits per heavy atom. The van der Waals surface area contributed by atoms with Crippen molar-refractivity contribution in [3.8, 4) is 5.88 Å². The molecule has 1 aromatic heterocycles. The van der Waals surface area contributed by atoms with E-state index in [1.807, 2.05) is 29.2 Å². The second-order valence-corrected chi connectivity index (χ2v) is 6.67. The molecule has 0 unspecified atom stereocenters. The molecule has 19 heavy (non-hydrogen) atoms. The van der Waals surface area contributed by atoms with Crippen LogP contribution in [0.4, 0.5) is 0 Å². The third kappa shape index (κ3) is 1.86. The lowest BCUT2D eigenvalue weighted by Crippen LogP contribution is -2.34. The summed E-state index contributed by atoms with van der Waals surface area (Å²) in [5, 5.41) is 8.50. The molecule has 0 amide bonds. The Hall–Kier alpha value is -2.02. The minimum atomic E-state index is -3.80. The van der Waals surface area contributed by atoms with Crippen LogP contribution in [0.3, 0.4) is 0 Å². The van der Waals surface area contributed by atoms with E-state index < -0.39 is 26.8 Å². The van der Waals surface area contributed by atoms with Gasteiger partial charge in [-0.3, -0.25) is 4.98 Å². The first-order valence-electron chi connectivity index (χ1n) is 5.80. The minimum Gasteiger partial charge on any atom is -0.493 e. The maximum atomic E-state index is 12.4. The van der Waals surface area contributed by atoms with Gasteiger partial charge in [0.25, 0.3) is 0 Å². The van der Waals surface area contributed by atoms with E-state index >= 15 is 0 Å². The van der Waals surface area contributed by atoms with Crippen molar-refractivity contribution in [1.29, 1.82) is 0 Å². The molecule has 0 atom stereocenters. The van der Waals surface area contributed by atoms with Crippen molar-refractivity contribution in [1.82, 2.24) is 8.96 Å². The molecule has 0 aliphatic heterocycles. The van der Waals surface area contributed by atoms with E-state index in [2.05, 4.69) is 0 Å². The summed E-state index contributed by atoms with van der Waals surface area (Å²) < 4.78 is 25.3. The lowest BCUT2D eigenvalue weighted by molar-refractivity contribution is 0.455. The molecule has 0 bridgehead atoms. The predicted octanol–water partition coefficient (Wildman–Crippen LogP) is 0.227. The summed E-state index contributed by atoms with van der Waals surface area (Å²) in [7, 11) is -3.80. The van der Waals surface area contributed by atoms with Gasteiger partial charge in [-0.15, -0.1) is 0 Å². The molecule has 0 radical (unpaired) electrons. The summed E-state index contributed by atoms with van der Waals surface area (Å²) in [5.74, 6) is -0.455. The number of aromatic nitrogens is 2. The maximum absolute atomic E-state index is 12.4. The third-order valence-corrected chi connectivity index (χ3v) is 5.38. The third-order valence-electron chi connectivity index (χ3n) is 3.38. The van der Waals surface area contributed by atoms with Crippen LogP contribution < -0.4 is 5.69 Å². The molecule has 1 heterocycles. The van der Waals surface area contributed by atoms with Crippen molar-refractivity contribution in [3.05, 3.63) is 52.1 Å². The van der Waals surface area contributed by atoms with Gasteiger partial charge in [-0.2, -0.15) is 3.97 Å². The van der Waals surface area contributed by atoms with E-state index in [1.165, 1.54) is 0 Å². The number of rotatable bonds is 2. The van der Waals surface area contributed by atoms with Crippen LogP contribution in [0, 0.1) is 0 Å². The summed E-state index contributed by atoms with van der Waals surface area (Å²) >= 11 is 0. The van der Waals surface area contributed by atoms with Gasteiger partial charge in [0.1, 0.15) is 0 Å². The summed E-state index contributed by atoms with van der Waals surface area (Å²) in [6.07, 6.45) is 1.68. The molecule has 1 aliphatic rings. The maximum Gasteiger partial charge on any atom is 0.342 e. The van der Waals surface area contributed by atoms with E-state index in [9.17, 15) is 18.3 Å². The Labute approximate surface area is 109 Å². The van der Waals surface area contributed by atoms with E-state index in [0.29, 0.717) is 16.8 Å². The molecule has 2 aromatic rings. The van der Waals surface area contributed by atoms with Crippen molar-refractivity contribution < 1.29 is 13.5 Å². The van der Waals surface area contributed by atoms with E-state index in [0.717, 1.165) is 17.3 Å². The number of H-pyrrole nitrogens is 1. The van der Waals surface area contributed by atoms with Crippen molar-refractivity contribution in [2.24, 2.45) is 0 Å². The van der Waals surface area contributed by atoms with Gasteiger partial charge in [-0.1, -0.05) is 24.3 Å². The van der Waals surface area contributed by atoms with Crippen LogP contribution in [0.2, 0.25) is 0 Å². The molecule has 0 spiro atoms. The summed E-state index contributed by atoms with van der Waals surface area (Å²) in [6, 6.07) is 7.51. The number of hydrogen-bond acceptors (Lipinski definition) is 4. The number of nitrogens with zero attached hydrogens (tertiary/aromatic N) is 1. The normalized spacial score (nSPS) is 15.6. The van der Waals surface area contributed by atoms with Gasteiger partial charge in [0.2, 0.25) is 15.9 Å². The number of benzene rings is 1. The van der Waals surface area contributed by atoms with E-state index in [4.69, 9.17) is 0 Å². The summed E-state index contributed by atoms with van der Waals surface area (Å²) in [5.41, 5.74) is 1.14. The van der Waals surface area contributed by atoms with Crippen LogP contribution in [0.5, 0.6) is 5.88 Å². The van der Waals surface area contributed by atoms with Crippen LogP contribution in [-0.4, -0.2) is 27.7 Å². The van der Waals surface area contributed by atoms with Crippen LogP contribution in [0.15, 0.2) is 35.3 Å². The monoisotopic (exact) mass is 280 g/mol. The van der Waals surface area contributed by atoms with Gasteiger partial charge in [0, 0.05) is 0 Å². The molecule has 1 aromatic carbocycles. The fourth-order valence-electron chi connectivity index (χ4n) is 2.45. The number of hydrogen-bond donors (Lipinski definition) is 2. The topological polar surface area (TPSA) is 92.2 Å². The fraction of sp³-hybridized carbons (Fsp3) is 0.250. The van der Waals surface area contributed by atoms with E-state index in [1.54, 1.807) is 0 Å². The second kappa shape index (κ2) is 3.99. The predicted molar refractivity (Wildman–Crippen MR) is 68.7 cm³/mol. The van der Waals surface area contributed by atoms with Crippen molar-refractivity contribution in [3.63, 3.8) is 0 Å². The van der Waals surface area contributed by atoms with Gasteiger partial charge >= 0.3 is 5.69 Å². The first kappa shape index (κ1) is 12.0. The average molecular weight is 280 g/mol. The molecule has 2 N–H and O–H groups in total. The number of aromatic hydroxyl groups is 1. The number of fused-ring (bicyclic) bond motifs is 1. The highest BCUT2D eigenvalue weighted by Gasteiger charge is 2.34. The largest absolute Gasteiger partial charge is 0.493 e. The number of nitrogens with one attached hydrogen (secondary N) is 1. The van der Waals surface area contributed by atoms with Crippen LogP contribution >= 0.6 is 0 Å². The van der Waals surface area contributed by atoms with Gasteiger partial charge in [-0.05, 0) is 24.0 Å². The molecular weight excluding hydrogens is 268 g/mol.